The first kappa shape index (κ1) is 18.5. The molecule has 3 N–H and O–H groups in total. The average molecular weight is 376 g/mol. The molecule has 0 unspecified atom stereocenters. The van der Waals surface area contributed by atoms with Crippen molar-refractivity contribution >= 4 is 34.2 Å². The highest BCUT2D eigenvalue weighted by Gasteiger charge is 2.34. The van der Waals surface area contributed by atoms with Crippen LogP contribution >= 0.6 is 28.3 Å². The van der Waals surface area contributed by atoms with Crippen molar-refractivity contribution in [3.8, 4) is 0 Å². The van der Waals surface area contributed by atoms with Crippen LogP contribution in [0.3, 0.4) is 0 Å². The van der Waals surface area contributed by atoms with Crippen LogP contribution in [-0.4, -0.2) is 18.5 Å². The number of nitrogens with two attached hydrogens (primary N) is 1. The topological polar surface area (TPSA) is 55.1 Å². The van der Waals surface area contributed by atoms with E-state index in [1.54, 1.807) is 6.92 Å². The Kier molecular flexibility index (Phi) is 7.17. The van der Waals surface area contributed by atoms with Gasteiger partial charge < -0.3 is 11.1 Å². The van der Waals surface area contributed by atoms with E-state index in [0.717, 1.165) is 17.3 Å². The zero-order chi connectivity index (χ0) is 14.6. The fourth-order valence-corrected chi connectivity index (χ4v) is 3.43. The van der Waals surface area contributed by atoms with E-state index in [4.69, 9.17) is 5.73 Å². The Morgan fingerprint density at radius 3 is 2.62 bits per heavy atom. The molecular formula is C16H24BrClN2O. The summed E-state index contributed by atoms with van der Waals surface area (Å²) in [5.74, 6) is -0.0649. The lowest BCUT2D eigenvalue weighted by Gasteiger charge is -2.38. The molecule has 1 amide bonds. The van der Waals surface area contributed by atoms with Gasteiger partial charge in [0.2, 0.25) is 5.91 Å². The number of halogens is 2. The summed E-state index contributed by atoms with van der Waals surface area (Å²) in [7, 11) is 0. The zero-order valence-electron chi connectivity index (χ0n) is 12.4. The van der Waals surface area contributed by atoms with E-state index >= 15 is 0 Å². The lowest BCUT2D eigenvalue weighted by atomic mass is 9.69. The van der Waals surface area contributed by atoms with Crippen molar-refractivity contribution in [2.75, 3.05) is 6.54 Å². The van der Waals surface area contributed by atoms with Gasteiger partial charge in [0.15, 0.2) is 0 Å². The number of hydrogen-bond acceptors (Lipinski definition) is 2. The van der Waals surface area contributed by atoms with Crippen LogP contribution in [0.4, 0.5) is 0 Å². The predicted molar refractivity (Wildman–Crippen MR) is 92.8 cm³/mol. The highest BCUT2D eigenvalue weighted by atomic mass is 79.9. The van der Waals surface area contributed by atoms with Crippen molar-refractivity contribution < 1.29 is 4.79 Å². The summed E-state index contributed by atoms with van der Waals surface area (Å²) < 4.78 is 1.10. The molecule has 0 heterocycles. The largest absolute Gasteiger partial charge is 0.354 e. The number of rotatable bonds is 4. The van der Waals surface area contributed by atoms with E-state index in [2.05, 4.69) is 39.4 Å². The highest BCUT2D eigenvalue weighted by Crippen LogP contribution is 2.39. The van der Waals surface area contributed by atoms with Crippen molar-refractivity contribution in [2.24, 2.45) is 5.73 Å². The second-order valence-corrected chi connectivity index (χ2v) is 6.77. The fraction of sp³-hybridized carbons (Fsp3) is 0.562. The molecule has 0 bridgehead atoms. The molecule has 0 aromatic heterocycles. The van der Waals surface area contributed by atoms with Crippen molar-refractivity contribution in [1.29, 1.82) is 0 Å². The Balaban J connectivity index is 0.00000220. The molecule has 1 aliphatic carbocycles. The van der Waals surface area contributed by atoms with Crippen molar-refractivity contribution in [3.63, 3.8) is 0 Å². The summed E-state index contributed by atoms with van der Waals surface area (Å²) >= 11 is 3.55. The van der Waals surface area contributed by atoms with Gasteiger partial charge >= 0.3 is 0 Å². The third kappa shape index (κ3) is 4.70. The van der Waals surface area contributed by atoms with Gasteiger partial charge in [-0.2, -0.15) is 0 Å². The summed E-state index contributed by atoms with van der Waals surface area (Å²) in [6.45, 7) is 2.41. The van der Waals surface area contributed by atoms with Gasteiger partial charge in [-0.1, -0.05) is 47.3 Å². The molecule has 0 saturated heterocycles. The van der Waals surface area contributed by atoms with Crippen LogP contribution in [0.1, 0.15) is 44.6 Å². The van der Waals surface area contributed by atoms with Crippen LogP contribution in [-0.2, 0) is 10.2 Å². The maximum atomic E-state index is 11.8. The molecule has 1 aromatic rings. The minimum Gasteiger partial charge on any atom is -0.354 e. The van der Waals surface area contributed by atoms with Crippen LogP contribution in [0.2, 0.25) is 0 Å². The lowest BCUT2D eigenvalue weighted by molar-refractivity contribution is -0.122. The van der Waals surface area contributed by atoms with Crippen LogP contribution in [0.25, 0.3) is 0 Å². The molecule has 0 radical (unpaired) electrons. The predicted octanol–water partition coefficient (Wildman–Crippen LogP) is 3.54. The highest BCUT2D eigenvalue weighted by molar-refractivity contribution is 9.10. The third-order valence-corrected chi connectivity index (χ3v) is 4.76. The van der Waals surface area contributed by atoms with Crippen LogP contribution in [0.15, 0.2) is 28.7 Å². The Morgan fingerprint density at radius 2 is 2.05 bits per heavy atom. The second kappa shape index (κ2) is 8.16. The molecular weight excluding hydrogens is 352 g/mol. The van der Waals surface area contributed by atoms with Gasteiger partial charge in [0, 0.05) is 16.4 Å². The van der Waals surface area contributed by atoms with Gasteiger partial charge in [-0.05, 0) is 37.5 Å². The summed E-state index contributed by atoms with van der Waals surface area (Å²) in [6.07, 6.45) is 5.99. The summed E-state index contributed by atoms with van der Waals surface area (Å²) in [5.41, 5.74) is 7.02. The first-order valence-corrected chi connectivity index (χ1v) is 8.12. The third-order valence-electron chi connectivity index (χ3n) is 4.26. The van der Waals surface area contributed by atoms with E-state index in [9.17, 15) is 4.79 Å². The Bertz CT molecular complexity index is 473. The monoisotopic (exact) mass is 374 g/mol. The fourth-order valence-electron chi connectivity index (χ4n) is 3.03. The normalized spacial score (nSPS) is 18.4. The molecule has 21 heavy (non-hydrogen) atoms. The van der Waals surface area contributed by atoms with Gasteiger partial charge in [-0.3, -0.25) is 4.79 Å². The van der Waals surface area contributed by atoms with Gasteiger partial charge in [0.05, 0.1) is 6.04 Å². The number of hydrogen-bond donors (Lipinski definition) is 2. The maximum absolute atomic E-state index is 11.8. The van der Waals surface area contributed by atoms with E-state index in [1.807, 2.05) is 6.07 Å². The second-order valence-electron chi connectivity index (χ2n) is 5.86. The average Bonchev–Trinajstić information content (AvgIpc) is 2.45. The molecule has 1 aromatic carbocycles. The lowest BCUT2D eigenvalue weighted by Crippen LogP contribution is -2.46. The molecule has 1 atom stereocenters. The molecule has 0 spiro atoms. The molecule has 3 nitrogen and oxygen atoms in total. The molecule has 2 rings (SSSR count). The first-order chi connectivity index (χ1) is 9.53. The summed E-state index contributed by atoms with van der Waals surface area (Å²) in [6, 6.07) is 8.03. The zero-order valence-corrected chi connectivity index (χ0v) is 14.8. The molecule has 118 valence electrons. The Hall–Kier alpha value is -0.580. The van der Waals surface area contributed by atoms with Crippen LogP contribution in [0.5, 0.6) is 0 Å². The number of carbonyl (C=O) groups excluding carboxylic acids is 1. The Morgan fingerprint density at radius 1 is 1.38 bits per heavy atom. The molecule has 1 saturated carbocycles. The number of nitrogens with one attached hydrogen (secondary N) is 1. The maximum Gasteiger partial charge on any atom is 0.236 e. The van der Waals surface area contributed by atoms with E-state index < -0.39 is 6.04 Å². The minimum absolute atomic E-state index is 0. The van der Waals surface area contributed by atoms with Gasteiger partial charge in [-0.15, -0.1) is 12.4 Å². The van der Waals surface area contributed by atoms with Gasteiger partial charge in [0.25, 0.3) is 0 Å². The van der Waals surface area contributed by atoms with E-state index in [0.29, 0.717) is 6.54 Å². The molecule has 1 fully saturated rings. The standard InChI is InChI=1S/C16H23BrN2O.ClH/c1-12(18)15(20)19-11-16(8-3-2-4-9-16)13-6-5-7-14(17)10-13;/h5-7,10,12H,2-4,8-9,11,18H2,1H3,(H,19,20);1H/t12-;/m1./s1. The molecule has 1 aliphatic rings. The summed E-state index contributed by atoms with van der Waals surface area (Å²) in [5, 5.41) is 3.03. The van der Waals surface area contributed by atoms with Crippen molar-refractivity contribution in [2.45, 2.75) is 50.5 Å². The molecule has 0 aliphatic heterocycles. The first-order valence-electron chi connectivity index (χ1n) is 7.33. The van der Waals surface area contributed by atoms with Crippen molar-refractivity contribution in [3.05, 3.63) is 34.3 Å². The quantitative estimate of drug-likeness (QED) is 0.845. The number of amides is 1. The summed E-state index contributed by atoms with van der Waals surface area (Å²) in [4.78, 5) is 11.8. The minimum atomic E-state index is -0.446. The number of benzene rings is 1. The van der Waals surface area contributed by atoms with Crippen LogP contribution < -0.4 is 11.1 Å². The number of carbonyl (C=O) groups is 1. The van der Waals surface area contributed by atoms with E-state index in [-0.39, 0.29) is 23.7 Å². The SMILES string of the molecule is C[C@@H](N)C(=O)NCC1(c2cccc(Br)c2)CCCCC1.Cl. The smallest absolute Gasteiger partial charge is 0.236 e. The molecule has 5 heteroatoms. The van der Waals surface area contributed by atoms with Gasteiger partial charge in [0.1, 0.15) is 0 Å². The van der Waals surface area contributed by atoms with E-state index in [1.165, 1.54) is 24.8 Å². The van der Waals surface area contributed by atoms with Crippen LogP contribution in [0, 0.1) is 0 Å². The van der Waals surface area contributed by atoms with Gasteiger partial charge in [-0.25, -0.2) is 0 Å². The van der Waals surface area contributed by atoms with Crippen molar-refractivity contribution in [1.82, 2.24) is 5.32 Å². The Labute approximate surface area is 141 Å².